The number of ether oxygens (including phenoxy) is 1. The summed E-state index contributed by atoms with van der Waals surface area (Å²) in [7, 11) is 1.38. The van der Waals surface area contributed by atoms with Crippen molar-refractivity contribution in [3.8, 4) is 5.75 Å². The van der Waals surface area contributed by atoms with E-state index >= 15 is 0 Å². The van der Waals surface area contributed by atoms with Crippen LogP contribution in [0.5, 0.6) is 5.75 Å². The number of aryl methyl sites for hydroxylation is 1. The molecule has 114 valence electrons. The third-order valence-corrected chi connectivity index (χ3v) is 3.09. The zero-order chi connectivity index (χ0) is 15.6. The quantitative estimate of drug-likeness (QED) is 0.864. The first-order valence-corrected chi connectivity index (χ1v) is 6.41. The average molecular weight is 300 g/mol. The van der Waals surface area contributed by atoms with Gasteiger partial charge in [-0.05, 0) is 12.5 Å². The molecule has 2 aromatic rings. The number of halogens is 3. The predicted molar refractivity (Wildman–Crippen MR) is 69.4 cm³/mol. The molecule has 0 bridgehead atoms. The van der Waals surface area contributed by atoms with Crippen LogP contribution in [0, 0.1) is 17.5 Å². The van der Waals surface area contributed by atoms with E-state index in [1.807, 2.05) is 6.92 Å². The van der Waals surface area contributed by atoms with E-state index in [1.54, 1.807) is 0 Å². The lowest BCUT2D eigenvalue weighted by Gasteiger charge is -2.16. The van der Waals surface area contributed by atoms with E-state index in [2.05, 4.69) is 5.10 Å². The molecule has 0 amide bonds. The van der Waals surface area contributed by atoms with Crippen LogP contribution in [0.1, 0.15) is 30.7 Å². The molecule has 0 aliphatic carbocycles. The van der Waals surface area contributed by atoms with Crippen LogP contribution in [0.3, 0.4) is 0 Å². The second-order valence-corrected chi connectivity index (χ2v) is 4.51. The number of aliphatic hydroxyl groups is 1. The lowest BCUT2D eigenvalue weighted by atomic mass is 10.0. The largest absolute Gasteiger partial charge is 0.493 e. The van der Waals surface area contributed by atoms with E-state index in [0.717, 1.165) is 6.42 Å². The zero-order valence-corrected chi connectivity index (χ0v) is 11.6. The van der Waals surface area contributed by atoms with Gasteiger partial charge in [-0.1, -0.05) is 6.92 Å². The Bertz CT molecular complexity index is 643. The molecular formula is C14H15F3N2O2. The molecule has 1 aromatic carbocycles. The monoisotopic (exact) mass is 300 g/mol. The van der Waals surface area contributed by atoms with Gasteiger partial charge < -0.3 is 9.84 Å². The third kappa shape index (κ3) is 2.87. The highest BCUT2D eigenvalue weighted by Gasteiger charge is 2.25. The molecule has 0 radical (unpaired) electrons. The first kappa shape index (κ1) is 15.4. The van der Waals surface area contributed by atoms with Gasteiger partial charge in [-0.3, -0.25) is 4.68 Å². The van der Waals surface area contributed by atoms with Crippen LogP contribution in [-0.2, 0) is 6.54 Å². The van der Waals surface area contributed by atoms with Gasteiger partial charge >= 0.3 is 0 Å². The Morgan fingerprint density at radius 1 is 1.24 bits per heavy atom. The predicted octanol–water partition coefficient (Wildman–Crippen LogP) is 2.80. The Kier molecular flexibility index (Phi) is 4.52. The van der Waals surface area contributed by atoms with Gasteiger partial charge in [-0.25, -0.2) is 13.2 Å². The van der Waals surface area contributed by atoms with Crippen molar-refractivity contribution in [1.29, 1.82) is 0 Å². The summed E-state index contributed by atoms with van der Waals surface area (Å²) >= 11 is 0. The van der Waals surface area contributed by atoms with Gasteiger partial charge in [0.05, 0.1) is 13.3 Å². The van der Waals surface area contributed by atoms with Crippen molar-refractivity contribution in [2.75, 3.05) is 7.11 Å². The van der Waals surface area contributed by atoms with Crippen LogP contribution in [-0.4, -0.2) is 22.0 Å². The van der Waals surface area contributed by atoms with Crippen molar-refractivity contribution in [3.05, 3.63) is 47.0 Å². The summed E-state index contributed by atoms with van der Waals surface area (Å²) in [5.74, 6) is -3.32. The fraction of sp³-hybridized carbons (Fsp3) is 0.357. The Balaban J connectivity index is 2.51. The minimum atomic E-state index is -1.51. The Labute approximate surface area is 119 Å². The number of aromatic nitrogens is 2. The van der Waals surface area contributed by atoms with E-state index in [9.17, 15) is 18.3 Å². The van der Waals surface area contributed by atoms with Gasteiger partial charge in [0.15, 0.2) is 17.4 Å². The summed E-state index contributed by atoms with van der Waals surface area (Å²) in [5, 5.41) is 14.4. The summed E-state index contributed by atoms with van der Waals surface area (Å²) < 4.78 is 46.6. The van der Waals surface area contributed by atoms with Crippen molar-refractivity contribution < 1.29 is 23.0 Å². The van der Waals surface area contributed by atoms with Gasteiger partial charge in [-0.2, -0.15) is 5.10 Å². The first-order valence-electron chi connectivity index (χ1n) is 6.41. The molecular weight excluding hydrogens is 285 g/mol. The molecule has 0 aliphatic heterocycles. The summed E-state index contributed by atoms with van der Waals surface area (Å²) in [6.45, 7) is 2.38. The van der Waals surface area contributed by atoms with Crippen molar-refractivity contribution in [3.63, 3.8) is 0 Å². The number of benzene rings is 1. The molecule has 1 unspecified atom stereocenters. The normalized spacial score (nSPS) is 12.5. The van der Waals surface area contributed by atoms with Crippen LogP contribution in [0.25, 0.3) is 0 Å². The maximum absolute atomic E-state index is 13.8. The smallest absolute Gasteiger partial charge is 0.163 e. The van der Waals surface area contributed by atoms with E-state index in [-0.39, 0.29) is 17.0 Å². The van der Waals surface area contributed by atoms with Crippen molar-refractivity contribution in [2.24, 2.45) is 0 Å². The van der Waals surface area contributed by atoms with Gasteiger partial charge in [0.1, 0.15) is 17.6 Å². The Hall–Kier alpha value is -2.02. The minimum Gasteiger partial charge on any atom is -0.493 e. The second kappa shape index (κ2) is 6.17. The van der Waals surface area contributed by atoms with Crippen LogP contribution in [0.15, 0.2) is 18.3 Å². The topological polar surface area (TPSA) is 47.3 Å². The minimum absolute atomic E-state index is 0.198. The molecule has 2 rings (SSSR count). The number of rotatable bonds is 5. The molecule has 4 nitrogen and oxygen atoms in total. The summed E-state index contributed by atoms with van der Waals surface area (Å²) in [6, 6.07) is 1.04. The van der Waals surface area contributed by atoms with Gasteiger partial charge in [0.2, 0.25) is 0 Å². The highest BCUT2D eigenvalue weighted by atomic mass is 19.2. The van der Waals surface area contributed by atoms with Crippen LogP contribution < -0.4 is 4.74 Å². The highest BCUT2D eigenvalue weighted by molar-refractivity contribution is 5.35. The molecule has 7 heteroatoms. The maximum Gasteiger partial charge on any atom is 0.163 e. The summed E-state index contributed by atoms with van der Waals surface area (Å²) in [4.78, 5) is 0. The SMILES string of the molecule is CCCn1ncc(OC)c1C(O)c1cc(F)c(F)cc1F. The molecule has 0 saturated heterocycles. The molecule has 1 heterocycles. The number of hydrogen-bond donors (Lipinski definition) is 1. The molecule has 0 saturated carbocycles. The van der Waals surface area contributed by atoms with Gasteiger partial charge in [-0.15, -0.1) is 0 Å². The molecule has 0 spiro atoms. The molecule has 0 aliphatic rings. The van der Waals surface area contributed by atoms with Gasteiger partial charge in [0.25, 0.3) is 0 Å². The lowest BCUT2D eigenvalue weighted by Crippen LogP contribution is -2.13. The molecule has 1 atom stereocenters. The maximum atomic E-state index is 13.8. The second-order valence-electron chi connectivity index (χ2n) is 4.51. The van der Waals surface area contributed by atoms with Crippen LogP contribution >= 0.6 is 0 Å². The summed E-state index contributed by atoms with van der Waals surface area (Å²) in [6.07, 6.45) is 0.598. The van der Waals surface area contributed by atoms with Crippen LogP contribution in [0.2, 0.25) is 0 Å². The lowest BCUT2D eigenvalue weighted by molar-refractivity contribution is 0.196. The van der Waals surface area contributed by atoms with Gasteiger partial charge in [0, 0.05) is 18.2 Å². The molecule has 21 heavy (non-hydrogen) atoms. The summed E-state index contributed by atoms with van der Waals surface area (Å²) in [5.41, 5.74) is -0.172. The molecule has 1 aromatic heterocycles. The fourth-order valence-corrected chi connectivity index (χ4v) is 2.10. The zero-order valence-electron chi connectivity index (χ0n) is 11.6. The average Bonchev–Trinajstić information content (AvgIpc) is 2.85. The Morgan fingerprint density at radius 2 is 1.90 bits per heavy atom. The first-order chi connectivity index (χ1) is 9.99. The molecule has 0 fully saturated rings. The third-order valence-electron chi connectivity index (χ3n) is 3.09. The number of aliphatic hydroxyl groups excluding tert-OH is 1. The molecule has 1 N–H and O–H groups in total. The van der Waals surface area contributed by atoms with Crippen molar-refractivity contribution in [1.82, 2.24) is 9.78 Å². The van der Waals surface area contributed by atoms with Crippen molar-refractivity contribution >= 4 is 0 Å². The van der Waals surface area contributed by atoms with E-state index in [0.29, 0.717) is 18.7 Å². The van der Waals surface area contributed by atoms with Crippen molar-refractivity contribution in [2.45, 2.75) is 26.0 Å². The van der Waals surface area contributed by atoms with E-state index < -0.39 is 23.6 Å². The Morgan fingerprint density at radius 3 is 2.52 bits per heavy atom. The standard InChI is InChI=1S/C14H15F3N2O2/c1-3-4-19-13(12(21-2)7-18-19)14(20)8-5-10(16)11(17)6-9(8)15/h5-7,14,20H,3-4H2,1-2H3. The number of methoxy groups -OCH3 is 1. The highest BCUT2D eigenvalue weighted by Crippen LogP contribution is 2.32. The fourth-order valence-electron chi connectivity index (χ4n) is 2.10. The van der Waals surface area contributed by atoms with E-state index in [4.69, 9.17) is 4.74 Å². The van der Waals surface area contributed by atoms with E-state index in [1.165, 1.54) is 18.0 Å². The number of hydrogen-bond acceptors (Lipinski definition) is 3. The van der Waals surface area contributed by atoms with Crippen LogP contribution in [0.4, 0.5) is 13.2 Å². The number of nitrogens with zero attached hydrogens (tertiary/aromatic N) is 2.